The Hall–Kier alpha value is -0.150. The number of halogens is 2. The van der Waals surface area contributed by atoms with Crippen LogP contribution in [0.4, 0.5) is 0 Å². The van der Waals surface area contributed by atoms with Crippen LogP contribution in [0.5, 0.6) is 0 Å². The molecule has 0 aliphatic carbocycles. The van der Waals surface area contributed by atoms with Crippen molar-refractivity contribution in [3.05, 3.63) is 9.93 Å². The number of aliphatic imine (C=N–C) groups is 1. The van der Waals surface area contributed by atoms with Gasteiger partial charge in [0.25, 0.3) is 0 Å². The normalized spacial score (nSPS) is 10.7. The van der Waals surface area contributed by atoms with E-state index in [-0.39, 0.29) is 13.2 Å². The Bertz CT molecular complexity index is 324. The van der Waals surface area contributed by atoms with Gasteiger partial charge in [-0.25, -0.2) is 4.79 Å². The lowest BCUT2D eigenvalue weighted by molar-refractivity contribution is 0.226. The van der Waals surface area contributed by atoms with Crippen molar-refractivity contribution >= 4 is 36.9 Å². The van der Waals surface area contributed by atoms with Gasteiger partial charge in [0.15, 0.2) is 5.44 Å². The van der Waals surface area contributed by atoms with Crippen molar-refractivity contribution in [3.8, 4) is 0 Å². The van der Waals surface area contributed by atoms with Crippen LogP contribution >= 0.6 is 30.8 Å². The van der Waals surface area contributed by atoms with Crippen LogP contribution < -0.4 is 0 Å². The van der Waals surface area contributed by atoms with Gasteiger partial charge in [0.2, 0.25) is 6.08 Å². The van der Waals surface area contributed by atoms with Gasteiger partial charge in [-0.05, 0) is 13.8 Å². The number of rotatable bonds is 6. The highest BCUT2D eigenvalue weighted by Crippen LogP contribution is 2.58. The van der Waals surface area contributed by atoms with Crippen LogP contribution in [0, 0.1) is 0 Å². The molecular formula is C7H10Cl2NO4P. The molecule has 0 saturated carbocycles. The molecular weight excluding hydrogens is 264 g/mol. The fourth-order valence-corrected chi connectivity index (χ4v) is 2.82. The summed E-state index contributed by atoms with van der Waals surface area (Å²) in [6, 6.07) is 0. The third-order valence-electron chi connectivity index (χ3n) is 1.18. The topological polar surface area (TPSA) is 65.0 Å². The van der Waals surface area contributed by atoms with E-state index in [0.717, 1.165) is 0 Å². The molecule has 5 nitrogen and oxygen atoms in total. The fourth-order valence-electron chi connectivity index (χ4n) is 0.750. The van der Waals surface area contributed by atoms with Gasteiger partial charge < -0.3 is 9.05 Å². The largest absolute Gasteiger partial charge is 0.382 e. The minimum atomic E-state index is -3.72. The predicted octanol–water partition coefficient (Wildman–Crippen LogP) is 3.19. The number of hydrogen-bond donors (Lipinski definition) is 0. The van der Waals surface area contributed by atoms with E-state index in [1.54, 1.807) is 13.8 Å². The van der Waals surface area contributed by atoms with E-state index in [0.29, 0.717) is 0 Å². The number of nitrogens with zero attached hydrogens (tertiary/aromatic N) is 1. The van der Waals surface area contributed by atoms with Crippen LogP contribution in [-0.2, 0) is 18.4 Å². The van der Waals surface area contributed by atoms with Gasteiger partial charge in [-0.1, -0.05) is 23.2 Å². The maximum atomic E-state index is 12.0. The Morgan fingerprint density at radius 1 is 1.33 bits per heavy atom. The monoisotopic (exact) mass is 273 g/mol. The fraction of sp³-hybridized carbons (Fsp3) is 0.571. The van der Waals surface area contributed by atoms with Crippen molar-refractivity contribution in [1.82, 2.24) is 0 Å². The van der Waals surface area contributed by atoms with Gasteiger partial charge in [0.05, 0.1) is 13.2 Å². The Kier molecular flexibility index (Phi) is 7.11. The highest BCUT2D eigenvalue weighted by molar-refractivity contribution is 7.58. The van der Waals surface area contributed by atoms with E-state index < -0.39 is 17.5 Å². The summed E-state index contributed by atoms with van der Waals surface area (Å²) >= 11 is 10.8. The zero-order valence-electron chi connectivity index (χ0n) is 8.20. The third-order valence-corrected chi connectivity index (χ3v) is 3.84. The first-order chi connectivity index (χ1) is 7.01. The van der Waals surface area contributed by atoms with Gasteiger partial charge in [-0.2, -0.15) is 4.99 Å². The molecule has 0 N–H and O–H groups in total. The second kappa shape index (κ2) is 7.18. The first-order valence-corrected chi connectivity index (χ1v) is 6.34. The average molecular weight is 274 g/mol. The molecule has 0 rings (SSSR count). The highest BCUT2D eigenvalue weighted by atomic mass is 35.5. The molecule has 0 atom stereocenters. The summed E-state index contributed by atoms with van der Waals surface area (Å²) < 4.78 is 21.3. The summed E-state index contributed by atoms with van der Waals surface area (Å²) in [6.07, 6.45) is 1.19. The first kappa shape index (κ1) is 14.8. The summed E-state index contributed by atoms with van der Waals surface area (Å²) in [6.45, 7) is 3.43. The SMILES string of the molecule is CCOP(=O)(OCC)C(N=C=O)=C(Cl)Cl. The van der Waals surface area contributed by atoms with E-state index in [1.165, 1.54) is 6.08 Å². The molecule has 0 aromatic rings. The molecule has 0 amide bonds. The molecule has 0 bridgehead atoms. The zero-order chi connectivity index (χ0) is 11.9. The van der Waals surface area contributed by atoms with Crippen molar-refractivity contribution in [2.24, 2.45) is 4.99 Å². The lowest BCUT2D eigenvalue weighted by Gasteiger charge is -2.15. The van der Waals surface area contributed by atoms with Gasteiger partial charge >= 0.3 is 7.60 Å². The maximum Gasteiger partial charge on any atom is 0.382 e. The molecule has 0 aliphatic heterocycles. The lowest BCUT2D eigenvalue weighted by Crippen LogP contribution is -1.98. The van der Waals surface area contributed by atoms with E-state index in [1.807, 2.05) is 0 Å². The summed E-state index contributed by atoms with van der Waals surface area (Å²) in [4.78, 5) is 13.2. The molecule has 0 spiro atoms. The zero-order valence-corrected chi connectivity index (χ0v) is 10.6. The minimum Gasteiger partial charge on any atom is -0.304 e. The lowest BCUT2D eigenvalue weighted by atomic mass is 10.9. The van der Waals surface area contributed by atoms with Gasteiger partial charge in [-0.15, -0.1) is 0 Å². The van der Waals surface area contributed by atoms with Gasteiger partial charge in [0.1, 0.15) is 4.49 Å². The van der Waals surface area contributed by atoms with Crippen LogP contribution in [0.15, 0.2) is 14.9 Å². The van der Waals surface area contributed by atoms with Crippen LogP contribution in [0.25, 0.3) is 0 Å². The second-order valence-corrected chi connectivity index (χ2v) is 5.00. The average Bonchev–Trinajstić information content (AvgIpc) is 2.14. The quantitative estimate of drug-likeness (QED) is 0.424. The molecule has 0 aliphatic rings. The van der Waals surface area contributed by atoms with Gasteiger partial charge in [0, 0.05) is 0 Å². The van der Waals surface area contributed by atoms with Crippen molar-refractivity contribution in [1.29, 1.82) is 0 Å². The second-order valence-electron chi connectivity index (χ2n) is 2.12. The Morgan fingerprint density at radius 3 is 2.07 bits per heavy atom. The smallest absolute Gasteiger partial charge is 0.304 e. The molecule has 8 heteroatoms. The molecule has 0 saturated heterocycles. The molecule has 0 fully saturated rings. The summed E-state index contributed by atoms with van der Waals surface area (Å²) in [5.41, 5.74) is -0.426. The Labute approximate surface area is 97.6 Å². The summed E-state index contributed by atoms with van der Waals surface area (Å²) in [5, 5.41) is 0. The number of hydrogen-bond acceptors (Lipinski definition) is 5. The molecule has 0 unspecified atom stereocenters. The molecule has 86 valence electrons. The third kappa shape index (κ3) is 4.47. The standard InChI is InChI=1S/C7H10Cl2NO4P/c1-3-13-15(12,14-4-2)7(6(8)9)10-5-11/h3-4H2,1-2H3. The van der Waals surface area contributed by atoms with E-state index in [9.17, 15) is 9.36 Å². The molecule has 0 aromatic carbocycles. The van der Waals surface area contributed by atoms with Crippen molar-refractivity contribution in [2.75, 3.05) is 13.2 Å². The summed E-state index contributed by atoms with van der Waals surface area (Å²) in [7, 11) is -3.72. The Morgan fingerprint density at radius 2 is 1.80 bits per heavy atom. The number of isocyanates is 1. The Balaban J connectivity index is 5.29. The van der Waals surface area contributed by atoms with Crippen molar-refractivity contribution in [2.45, 2.75) is 13.8 Å². The minimum absolute atomic E-state index is 0.107. The van der Waals surface area contributed by atoms with Crippen molar-refractivity contribution < 1.29 is 18.4 Å². The maximum absolute atomic E-state index is 12.0. The first-order valence-electron chi connectivity index (χ1n) is 4.04. The van der Waals surface area contributed by atoms with E-state index >= 15 is 0 Å². The molecule has 15 heavy (non-hydrogen) atoms. The molecule has 0 radical (unpaired) electrons. The van der Waals surface area contributed by atoms with Crippen LogP contribution in [0.3, 0.4) is 0 Å². The summed E-state index contributed by atoms with van der Waals surface area (Å²) in [5.74, 6) is 0. The number of carbonyl (C=O) groups excluding carboxylic acids is 1. The predicted molar refractivity (Wildman–Crippen MR) is 57.7 cm³/mol. The van der Waals surface area contributed by atoms with Crippen LogP contribution in [0.1, 0.15) is 13.8 Å². The van der Waals surface area contributed by atoms with Crippen LogP contribution in [-0.4, -0.2) is 19.3 Å². The van der Waals surface area contributed by atoms with E-state index in [2.05, 4.69) is 4.99 Å². The van der Waals surface area contributed by atoms with E-state index in [4.69, 9.17) is 32.2 Å². The van der Waals surface area contributed by atoms with Crippen molar-refractivity contribution in [3.63, 3.8) is 0 Å². The molecule has 0 aromatic heterocycles. The highest BCUT2D eigenvalue weighted by Gasteiger charge is 2.32. The van der Waals surface area contributed by atoms with Crippen LogP contribution in [0.2, 0.25) is 0 Å². The molecule has 0 heterocycles. The van der Waals surface area contributed by atoms with Gasteiger partial charge in [-0.3, -0.25) is 4.57 Å².